The average Bonchev–Trinajstić information content (AvgIpc) is 2.77. The number of methoxy groups -OCH3 is 1. The molecule has 0 saturated heterocycles. The minimum absolute atomic E-state index is 0.101. The number of fused-ring (bicyclic) bond motifs is 1. The van der Waals surface area contributed by atoms with Crippen molar-refractivity contribution in [2.45, 2.75) is 13.3 Å². The smallest absolute Gasteiger partial charge is 0.436 e. The van der Waals surface area contributed by atoms with Crippen molar-refractivity contribution in [3.8, 4) is 5.75 Å². The zero-order chi connectivity index (χ0) is 13.0. The number of hydrogen-bond donors (Lipinski definition) is 0. The summed E-state index contributed by atoms with van der Waals surface area (Å²) in [5.74, 6) is 0.832. The van der Waals surface area contributed by atoms with Crippen molar-refractivity contribution < 1.29 is 14.3 Å². The predicted octanol–water partition coefficient (Wildman–Crippen LogP) is 0.851. The molecule has 6 nitrogen and oxygen atoms in total. The third kappa shape index (κ3) is 2.71. The molecule has 0 radical (unpaired) electrons. The first-order chi connectivity index (χ1) is 8.72. The van der Waals surface area contributed by atoms with E-state index in [1.54, 1.807) is 12.1 Å². The Balaban J connectivity index is 2.28. The van der Waals surface area contributed by atoms with Crippen LogP contribution in [-0.4, -0.2) is 25.8 Å². The quantitative estimate of drug-likeness (QED) is 0.794. The van der Waals surface area contributed by atoms with E-state index in [0.29, 0.717) is 17.3 Å². The van der Waals surface area contributed by atoms with E-state index in [0.717, 1.165) is 12.2 Å². The van der Waals surface area contributed by atoms with Gasteiger partial charge in [0.2, 0.25) is 0 Å². The first kappa shape index (κ1) is 12.2. The van der Waals surface area contributed by atoms with Crippen LogP contribution >= 0.6 is 0 Å². The van der Waals surface area contributed by atoms with Crippen LogP contribution in [0.25, 0.3) is 0 Å². The van der Waals surface area contributed by atoms with E-state index in [4.69, 9.17) is 4.74 Å². The van der Waals surface area contributed by atoms with E-state index in [2.05, 4.69) is 19.7 Å². The second kappa shape index (κ2) is 5.39. The maximum atomic E-state index is 11.0. The number of amides is 1. The van der Waals surface area contributed by atoms with Crippen LogP contribution in [-0.2, 0) is 4.74 Å². The van der Waals surface area contributed by atoms with E-state index in [9.17, 15) is 4.79 Å². The Morgan fingerprint density at radius 2 is 2.11 bits per heavy atom. The molecule has 0 saturated carbocycles. The summed E-state index contributed by atoms with van der Waals surface area (Å²) in [5.41, 5.74) is 0. The molecule has 0 N–H and O–H groups in total. The van der Waals surface area contributed by atoms with Gasteiger partial charge >= 0.3 is 6.09 Å². The third-order valence-electron chi connectivity index (χ3n) is 2.23. The molecular formula is C12H13N3O3. The Hall–Kier alpha value is -2.24. The summed E-state index contributed by atoms with van der Waals surface area (Å²) < 4.78 is 9.90. The topological polar surface area (TPSA) is 72.6 Å². The van der Waals surface area contributed by atoms with Crippen molar-refractivity contribution in [2.75, 3.05) is 13.7 Å². The van der Waals surface area contributed by atoms with Gasteiger partial charge in [0, 0.05) is 6.07 Å². The molecule has 6 heteroatoms. The molecule has 1 aromatic carbocycles. The van der Waals surface area contributed by atoms with Gasteiger partial charge in [-0.3, -0.25) is 0 Å². The molecule has 0 atom stereocenters. The number of ether oxygens (including phenoxy) is 2. The number of benzene rings is 1. The average molecular weight is 247 g/mol. The highest BCUT2D eigenvalue weighted by atomic mass is 16.5. The van der Waals surface area contributed by atoms with Gasteiger partial charge in [-0.15, -0.1) is 4.99 Å². The molecule has 94 valence electrons. The van der Waals surface area contributed by atoms with Crippen molar-refractivity contribution in [1.29, 1.82) is 0 Å². The van der Waals surface area contributed by atoms with Gasteiger partial charge in [0.1, 0.15) is 5.75 Å². The van der Waals surface area contributed by atoms with Crippen molar-refractivity contribution in [2.24, 2.45) is 15.0 Å². The predicted molar refractivity (Wildman–Crippen MR) is 64.4 cm³/mol. The second-order valence-electron chi connectivity index (χ2n) is 3.60. The van der Waals surface area contributed by atoms with Crippen LogP contribution in [0.1, 0.15) is 13.3 Å². The van der Waals surface area contributed by atoms with Crippen LogP contribution in [0, 0.1) is 0 Å². The molecule has 0 spiro atoms. The first-order valence-corrected chi connectivity index (χ1v) is 5.60. The fraction of sp³-hybridized carbons (Fsp3) is 0.333. The molecule has 1 amide bonds. The molecule has 0 bridgehead atoms. The van der Waals surface area contributed by atoms with Crippen molar-refractivity contribution in [3.63, 3.8) is 0 Å². The van der Waals surface area contributed by atoms with Crippen molar-refractivity contribution >= 4 is 12.1 Å². The van der Waals surface area contributed by atoms with Crippen LogP contribution in [0.4, 0.5) is 4.79 Å². The Bertz CT molecular complexity index is 607. The number of aliphatic imine (C=N–C) groups is 1. The van der Waals surface area contributed by atoms with Gasteiger partial charge in [-0.1, -0.05) is 6.92 Å². The fourth-order valence-electron chi connectivity index (χ4n) is 1.41. The Morgan fingerprint density at radius 3 is 2.83 bits per heavy atom. The highest BCUT2D eigenvalue weighted by Gasteiger charge is 2.07. The number of carbonyl (C=O) groups is 1. The van der Waals surface area contributed by atoms with E-state index in [-0.39, 0.29) is 5.96 Å². The largest absolute Gasteiger partial charge is 0.494 e. The molecule has 1 aliphatic rings. The molecule has 0 unspecified atom stereocenters. The van der Waals surface area contributed by atoms with Crippen LogP contribution in [0.3, 0.4) is 0 Å². The lowest BCUT2D eigenvalue weighted by molar-refractivity contribution is 0.182. The summed E-state index contributed by atoms with van der Waals surface area (Å²) in [6.07, 6.45) is 0.223. The minimum Gasteiger partial charge on any atom is -0.494 e. The minimum atomic E-state index is -0.715. The van der Waals surface area contributed by atoms with Crippen LogP contribution < -0.4 is 15.5 Å². The Morgan fingerprint density at radius 1 is 1.33 bits per heavy atom. The summed E-state index contributed by atoms with van der Waals surface area (Å²) in [5, 5.41) is 1.31. The standard InChI is InChI=1S/C12H13N3O3/c1-3-6-18-8-4-5-9-10(7-8)14-11(13-9)15-12(16)17-2/h4-5,7H,3,6H2,1-2H3. The monoisotopic (exact) mass is 247 g/mol. The number of hydrogen-bond acceptors (Lipinski definition) is 3. The van der Waals surface area contributed by atoms with Gasteiger partial charge in [0.05, 0.1) is 24.4 Å². The summed E-state index contributed by atoms with van der Waals surface area (Å²) in [4.78, 5) is 22.8. The maximum Gasteiger partial charge on any atom is 0.436 e. The van der Waals surface area contributed by atoms with Gasteiger partial charge in [-0.2, -0.15) is 0 Å². The molecule has 1 aromatic rings. The van der Waals surface area contributed by atoms with Crippen LogP contribution in [0.5, 0.6) is 5.75 Å². The van der Waals surface area contributed by atoms with Gasteiger partial charge in [-0.05, 0) is 18.6 Å². The molecular weight excluding hydrogens is 234 g/mol. The number of rotatable bonds is 3. The lowest BCUT2D eigenvalue weighted by atomic mass is 10.3. The van der Waals surface area contributed by atoms with E-state index in [1.165, 1.54) is 7.11 Å². The Kier molecular flexibility index (Phi) is 3.66. The van der Waals surface area contributed by atoms with Crippen molar-refractivity contribution in [3.05, 3.63) is 28.9 Å². The van der Waals surface area contributed by atoms with Crippen LogP contribution in [0.2, 0.25) is 0 Å². The van der Waals surface area contributed by atoms with E-state index < -0.39 is 6.09 Å². The van der Waals surface area contributed by atoms with E-state index in [1.807, 2.05) is 13.0 Å². The zero-order valence-corrected chi connectivity index (χ0v) is 10.2. The molecule has 2 rings (SSSR count). The number of carbonyl (C=O) groups excluding carboxylic acids is 1. The molecule has 0 aliphatic carbocycles. The molecule has 18 heavy (non-hydrogen) atoms. The van der Waals surface area contributed by atoms with Crippen LogP contribution in [0.15, 0.2) is 33.2 Å². The fourth-order valence-corrected chi connectivity index (χ4v) is 1.41. The van der Waals surface area contributed by atoms with Gasteiger partial charge < -0.3 is 9.47 Å². The second-order valence-corrected chi connectivity index (χ2v) is 3.60. The summed E-state index contributed by atoms with van der Waals surface area (Å²) in [6, 6.07) is 5.37. The first-order valence-electron chi connectivity index (χ1n) is 5.60. The lowest BCUT2D eigenvalue weighted by Gasteiger charge is -2.02. The molecule has 0 aromatic heterocycles. The number of guanidine groups is 1. The molecule has 0 fully saturated rings. The van der Waals surface area contributed by atoms with Gasteiger partial charge in [0.25, 0.3) is 5.96 Å². The Labute approximate surface area is 104 Å². The maximum absolute atomic E-state index is 11.0. The highest BCUT2D eigenvalue weighted by molar-refractivity contribution is 5.92. The normalized spacial score (nSPS) is 14.7. The summed E-state index contributed by atoms with van der Waals surface area (Å²) >= 11 is 0. The zero-order valence-electron chi connectivity index (χ0n) is 10.2. The highest BCUT2D eigenvalue weighted by Crippen LogP contribution is 2.05. The third-order valence-corrected chi connectivity index (χ3v) is 2.23. The SMILES string of the molecule is CCCOc1ccc2c(c1)=NC(=NC(=O)OC)N=2. The van der Waals surface area contributed by atoms with E-state index >= 15 is 0 Å². The number of nitrogens with zero attached hydrogens (tertiary/aromatic N) is 3. The summed E-state index contributed by atoms with van der Waals surface area (Å²) in [6.45, 7) is 2.69. The molecule has 1 heterocycles. The lowest BCUT2D eigenvalue weighted by Crippen LogP contribution is -2.21. The van der Waals surface area contributed by atoms with Gasteiger partial charge in [-0.25, -0.2) is 14.8 Å². The molecule has 1 aliphatic heterocycles. The van der Waals surface area contributed by atoms with Crippen molar-refractivity contribution in [1.82, 2.24) is 0 Å². The summed E-state index contributed by atoms with van der Waals surface area (Å²) in [7, 11) is 1.26. The van der Waals surface area contributed by atoms with Gasteiger partial charge in [0.15, 0.2) is 0 Å².